The summed E-state index contributed by atoms with van der Waals surface area (Å²) >= 11 is 5.41. The molecule has 0 unspecified atom stereocenters. The van der Waals surface area contributed by atoms with Crippen molar-refractivity contribution in [1.82, 2.24) is 0 Å². The van der Waals surface area contributed by atoms with E-state index < -0.39 is 0 Å². The fraction of sp³-hybridized carbons (Fsp3) is 0.211. The van der Waals surface area contributed by atoms with Crippen LogP contribution in [0.15, 0.2) is 54.6 Å². The molecule has 0 atom stereocenters. The summed E-state index contributed by atoms with van der Waals surface area (Å²) in [6, 6.07) is 17.7. The molecule has 0 aliphatic heterocycles. The molecule has 0 N–H and O–H groups in total. The highest BCUT2D eigenvalue weighted by atomic mass is 32.1. The first-order valence-electron chi connectivity index (χ1n) is 7.40. The van der Waals surface area contributed by atoms with Gasteiger partial charge in [0.1, 0.15) is 5.75 Å². The van der Waals surface area contributed by atoms with Gasteiger partial charge in [0.2, 0.25) is 0 Å². The number of hydrogen-bond acceptors (Lipinski definition) is 4. The summed E-state index contributed by atoms with van der Waals surface area (Å²) in [6.07, 6.45) is 2.02. The average Bonchev–Trinajstić information content (AvgIpc) is 2.60. The van der Waals surface area contributed by atoms with Crippen LogP contribution >= 0.6 is 12.2 Å². The van der Waals surface area contributed by atoms with Crippen LogP contribution < -0.4 is 4.74 Å². The molecule has 0 saturated carbocycles. The fourth-order valence-electron chi connectivity index (χ4n) is 2.04. The Morgan fingerprint density at radius 1 is 1.04 bits per heavy atom. The van der Waals surface area contributed by atoms with Gasteiger partial charge in [-0.2, -0.15) is 0 Å². The van der Waals surface area contributed by atoms with Crippen LogP contribution in [0.5, 0.6) is 5.75 Å². The van der Waals surface area contributed by atoms with Gasteiger partial charge in [0, 0.05) is 12.7 Å². The smallest absolute Gasteiger partial charge is 0.191 e. The van der Waals surface area contributed by atoms with Crippen molar-refractivity contribution in [3.8, 4) is 5.75 Å². The van der Waals surface area contributed by atoms with Crippen molar-refractivity contribution in [3.05, 3.63) is 65.7 Å². The van der Waals surface area contributed by atoms with Crippen LogP contribution in [0.3, 0.4) is 0 Å². The van der Waals surface area contributed by atoms with Crippen molar-refractivity contribution >= 4 is 28.9 Å². The van der Waals surface area contributed by atoms with Gasteiger partial charge >= 0.3 is 0 Å². The highest BCUT2D eigenvalue weighted by Gasteiger charge is 2.09. The molecule has 2 aromatic rings. The van der Waals surface area contributed by atoms with Crippen LogP contribution in [-0.4, -0.2) is 25.6 Å². The van der Waals surface area contributed by atoms with E-state index in [2.05, 4.69) is 0 Å². The molecular formula is C19H20O3S. The van der Waals surface area contributed by atoms with Crippen LogP contribution in [0, 0.1) is 0 Å². The van der Waals surface area contributed by atoms with Crippen molar-refractivity contribution in [2.75, 3.05) is 20.5 Å². The van der Waals surface area contributed by atoms with Gasteiger partial charge in [-0.25, -0.2) is 0 Å². The predicted molar refractivity (Wildman–Crippen MR) is 97.5 cm³/mol. The molecule has 0 radical (unpaired) electrons. The molecule has 0 aliphatic rings. The number of ether oxygens (including phenoxy) is 3. The molecule has 23 heavy (non-hydrogen) atoms. The molecule has 0 aliphatic carbocycles. The molecule has 4 heteroatoms. The van der Waals surface area contributed by atoms with Gasteiger partial charge in [-0.15, -0.1) is 0 Å². The molecule has 0 spiro atoms. The molecule has 2 aromatic carbocycles. The summed E-state index contributed by atoms with van der Waals surface area (Å²) in [5, 5.41) is 0.499. The van der Waals surface area contributed by atoms with Crippen LogP contribution in [0.2, 0.25) is 0 Å². The molecule has 0 amide bonds. The van der Waals surface area contributed by atoms with E-state index in [0.29, 0.717) is 11.7 Å². The van der Waals surface area contributed by atoms with Crippen LogP contribution in [0.25, 0.3) is 11.6 Å². The van der Waals surface area contributed by atoms with E-state index in [1.165, 1.54) is 0 Å². The number of thiocarbonyl (C=S) groups is 1. The Morgan fingerprint density at radius 2 is 1.74 bits per heavy atom. The second-order valence-corrected chi connectivity index (χ2v) is 5.14. The Morgan fingerprint density at radius 3 is 2.35 bits per heavy atom. The second-order valence-electron chi connectivity index (χ2n) is 4.76. The Bertz CT molecular complexity index is 648. The summed E-state index contributed by atoms with van der Waals surface area (Å²) in [5.74, 6) is 0.762. The zero-order chi connectivity index (χ0) is 16.5. The summed E-state index contributed by atoms with van der Waals surface area (Å²) in [4.78, 5) is 0. The Balaban J connectivity index is 2.27. The third kappa shape index (κ3) is 5.20. The van der Waals surface area contributed by atoms with Gasteiger partial charge in [0.15, 0.2) is 11.8 Å². The minimum Gasteiger partial charge on any atom is -0.483 e. The van der Waals surface area contributed by atoms with Crippen LogP contribution in [0.1, 0.15) is 18.1 Å². The minimum absolute atomic E-state index is 0.235. The van der Waals surface area contributed by atoms with E-state index >= 15 is 0 Å². The SMILES string of the molecule is CCOC(=S)C(=Cc1ccc(OCOC)cc1)c1ccccc1. The summed E-state index contributed by atoms with van der Waals surface area (Å²) in [6.45, 7) is 2.71. The van der Waals surface area contributed by atoms with Gasteiger partial charge in [-0.05, 0) is 48.5 Å². The topological polar surface area (TPSA) is 27.7 Å². The maximum atomic E-state index is 5.53. The first-order chi connectivity index (χ1) is 11.2. The van der Waals surface area contributed by atoms with E-state index in [9.17, 15) is 0 Å². The van der Waals surface area contributed by atoms with Crippen LogP contribution in [0.4, 0.5) is 0 Å². The average molecular weight is 328 g/mol. The Kier molecular flexibility index (Phi) is 6.78. The summed E-state index contributed by atoms with van der Waals surface area (Å²) in [5.41, 5.74) is 2.95. The fourth-order valence-corrected chi connectivity index (χ4v) is 2.34. The number of methoxy groups -OCH3 is 1. The van der Waals surface area contributed by atoms with Gasteiger partial charge < -0.3 is 14.2 Å². The second kappa shape index (κ2) is 9.08. The Labute approximate surface area is 142 Å². The van der Waals surface area contributed by atoms with Gasteiger partial charge in [-0.1, -0.05) is 42.5 Å². The van der Waals surface area contributed by atoms with E-state index in [1.54, 1.807) is 7.11 Å². The lowest BCUT2D eigenvalue weighted by Gasteiger charge is -2.11. The number of hydrogen-bond donors (Lipinski definition) is 0. The molecule has 0 aromatic heterocycles. The third-order valence-electron chi connectivity index (χ3n) is 3.11. The summed E-state index contributed by atoms with van der Waals surface area (Å²) < 4.78 is 15.8. The zero-order valence-corrected chi connectivity index (χ0v) is 14.1. The molecule has 0 saturated heterocycles. The lowest BCUT2D eigenvalue weighted by Crippen LogP contribution is -2.04. The maximum Gasteiger partial charge on any atom is 0.191 e. The minimum atomic E-state index is 0.235. The highest BCUT2D eigenvalue weighted by Crippen LogP contribution is 2.22. The molecule has 3 nitrogen and oxygen atoms in total. The monoisotopic (exact) mass is 328 g/mol. The van der Waals surface area contributed by atoms with E-state index in [-0.39, 0.29) is 6.79 Å². The molecule has 120 valence electrons. The van der Waals surface area contributed by atoms with Gasteiger partial charge in [0.25, 0.3) is 0 Å². The lowest BCUT2D eigenvalue weighted by atomic mass is 10.0. The summed E-state index contributed by atoms with van der Waals surface area (Å²) in [7, 11) is 1.60. The molecule has 0 heterocycles. The largest absolute Gasteiger partial charge is 0.483 e. The van der Waals surface area contributed by atoms with Crippen molar-refractivity contribution in [3.63, 3.8) is 0 Å². The van der Waals surface area contributed by atoms with Gasteiger partial charge in [-0.3, -0.25) is 0 Å². The molecule has 0 bridgehead atoms. The van der Waals surface area contributed by atoms with E-state index in [1.807, 2.05) is 67.6 Å². The Hall–Kier alpha value is -2.17. The van der Waals surface area contributed by atoms with E-state index in [4.69, 9.17) is 26.4 Å². The quantitative estimate of drug-likeness (QED) is 0.322. The standard InChI is InChI=1S/C19H20O3S/c1-3-21-19(23)18(16-7-5-4-6-8-16)13-15-9-11-17(12-10-15)22-14-20-2/h4-13H,3,14H2,1-2H3. The van der Waals surface area contributed by atoms with Crippen molar-refractivity contribution in [2.45, 2.75) is 6.92 Å². The van der Waals surface area contributed by atoms with E-state index in [0.717, 1.165) is 22.4 Å². The first-order valence-corrected chi connectivity index (χ1v) is 7.81. The highest BCUT2D eigenvalue weighted by molar-refractivity contribution is 7.81. The molecule has 2 rings (SSSR count). The van der Waals surface area contributed by atoms with Gasteiger partial charge in [0.05, 0.1) is 6.61 Å². The predicted octanol–water partition coefficient (Wildman–Crippen LogP) is 4.57. The first kappa shape index (κ1) is 17.2. The van der Waals surface area contributed by atoms with Crippen LogP contribution in [-0.2, 0) is 9.47 Å². The lowest BCUT2D eigenvalue weighted by molar-refractivity contribution is 0.0511. The number of benzene rings is 2. The number of rotatable bonds is 7. The maximum absolute atomic E-state index is 5.53. The molecular weight excluding hydrogens is 308 g/mol. The zero-order valence-electron chi connectivity index (χ0n) is 13.3. The van der Waals surface area contributed by atoms with Crippen molar-refractivity contribution in [1.29, 1.82) is 0 Å². The third-order valence-corrected chi connectivity index (χ3v) is 3.45. The normalized spacial score (nSPS) is 11.1. The van der Waals surface area contributed by atoms with Crippen molar-refractivity contribution in [2.24, 2.45) is 0 Å². The van der Waals surface area contributed by atoms with Crippen molar-refractivity contribution < 1.29 is 14.2 Å². The molecule has 0 fully saturated rings.